The third-order valence-electron chi connectivity index (χ3n) is 1.52. The van der Waals surface area contributed by atoms with E-state index in [9.17, 15) is 13.2 Å². The molecule has 1 aromatic rings. The number of halogens is 4. The van der Waals surface area contributed by atoms with Gasteiger partial charge >= 0.3 is 6.36 Å². The molecule has 0 spiro atoms. The van der Waals surface area contributed by atoms with E-state index in [2.05, 4.69) is 9.72 Å². The molecule has 0 atom stereocenters. The number of aryl methyl sites for hydroxylation is 1. The minimum Gasteiger partial charge on any atom is -0.494 e. The van der Waals surface area contributed by atoms with Gasteiger partial charge in [0.05, 0.1) is 7.11 Å². The summed E-state index contributed by atoms with van der Waals surface area (Å²) in [7, 11) is 1.42. The maximum atomic E-state index is 11.9. The van der Waals surface area contributed by atoms with Gasteiger partial charge in [0.15, 0.2) is 5.75 Å². The van der Waals surface area contributed by atoms with Gasteiger partial charge in [0, 0.05) is 5.56 Å². The van der Waals surface area contributed by atoms with Crippen LogP contribution in [0.3, 0.4) is 0 Å². The zero-order valence-electron chi connectivity index (χ0n) is 7.85. The standard InChI is InChI=1S/C8H7F3INO2/c1-4-3-5(14-2)6(12)13-7(4)15-8(9,10)11/h3H,1-2H3. The molecule has 0 fully saturated rings. The molecule has 1 heterocycles. The Morgan fingerprint density at radius 2 is 2.00 bits per heavy atom. The van der Waals surface area contributed by atoms with E-state index in [1.54, 1.807) is 22.6 Å². The van der Waals surface area contributed by atoms with Crippen molar-refractivity contribution in [3.63, 3.8) is 0 Å². The van der Waals surface area contributed by atoms with E-state index in [0.29, 0.717) is 9.45 Å². The van der Waals surface area contributed by atoms with Gasteiger partial charge in [-0.15, -0.1) is 13.2 Å². The molecule has 0 radical (unpaired) electrons. The molecule has 0 aromatic carbocycles. The fourth-order valence-corrected chi connectivity index (χ4v) is 1.50. The first kappa shape index (κ1) is 12.3. The number of hydrogen-bond donors (Lipinski definition) is 0. The first-order chi connectivity index (χ1) is 6.83. The maximum absolute atomic E-state index is 11.9. The zero-order valence-corrected chi connectivity index (χ0v) is 10.0. The van der Waals surface area contributed by atoms with E-state index < -0.39 is 12.2 Å². The normalized spacial score (nSPS) is 11.3. The summed E-state index contributed by atoms with van der Waals surface area (Å²) in [6, 6.07) is 1.44. The highest BCUT2D eigenvalue weighted by molar-refractivity contribution is 14.1. The molecule has 15 heavy (non-hydrogen) atoms. The second kappa shape index (κ2) is 4.42. The fraction of sp³-hybridized carbons (Fsp3) is 0.375. The number of aromatic nitrogens is 1. The van der Waals surface area contributed by atoms with Crippen LogP contribution in [0.1, 0.15) is 5.56 Å². The summed E-state index contributed by atoms with van der Waals surface area (Å²) in [6.45, 7) is 1.46. The van der Waals surface area contributed by atoms with E-state index in [1.807, 2.05) is 0 Å². The van der Waals surface area contributed by atoms with Crippen molar-refractivity contribution >= 4 is 22.6 Å². The molecule has 0 aliphatic heterocycles. The van der Waals surface area contributed by atoms with Gasteiger partial charge in [0.25, 0.3) is 0 Å². The van der Waals surface area contributed by atoms with Crippen LogP contribution in [0.15, 0.2) is 6.07 Å². The Kier molecular flexibility index (Phi) is 3.63. The lowest BCUT2D eigenvalue weighted by Gasteiger charge is -2.12. The highest BCUT2D eigenvalue weighted by Gasteiger charge is 2.32. The van der Waals surface area contributed by atoms with E-state index in [4.69, 9.17) is 4.74 Å². The van der Waals surface area contributed by atoms with Crippen LogP contribution in [0.5, 0.6) is 11.6 Å². The van der Waals surface area contributed by atoms with E-state index >= 15 is 0 Å². The van der Waals surface area contributed by atoms with Gasteiger partial charge in [-0.25, -0.2) is 4.98 Å². The van der Waals surface area contributed by atoms with E-state index in [1.165, 1.54) is 20.1 Å². The molecule has 0 aliphatic rings. The average molecular weight is 333 g/mol. The molecule has 7 heteroatoms. The van der Waals surface area contributed by atoms with E-state index in [0.717, 1.165) is 0 Å². The van der Waals surface area contributed by atoms with Crippen molar-refractivity contribution < 1.29 is 22.6 Å². The average Bonchev–Trinajstić information content (AvgIpc) is 2.08. The Morgan fingerprint density at radius 3 is 2.47 bits per heavy atom. The smallest absolute Gasteiger partial charge is 0.494 e. The van der Waals surface area contributed by atoms with Crippen molar-refractivity contribution in [2.45, 2.75) is 13.3 Å². The Morgan fingerprint density at radius 1 is 1.40 bits per heavy atom. The van der Waals surface area contributed by atoms with Crippen molar-refractivity contribution in [2.24, 2.45) is 0 Å². The SMILES string of the molecule is COc1cc(C)c(OC(F)(F)F)nc1I. The third-order valence-corrected chi connectivity index (χ3v) is 2.29. The van der Waals surface area contributed by atoms with Crippen molar-refractivity contribution in [2.75, 3.05) is 7.11 Å². The molecule has 0 unspecified atom stereocenters. The maximum Gasteiger partial charge on any atom is 0.574 e. The topological polar surface area (TPSA) is 31.4 Å². The second-order valence-electron chi connectivity index (χ2n) is 2.65. The number of hydrogen-bond acceptors (Lipinski definition) is 3. The summed E-state index contributed by atoms with van der Waals surface area (Å²) in [4.78, 5) is 3.65. The second-order valence-corrected chi connectivity index (χ2v) is 3.67. The molecular formula is C8H7F3INO2. The Balaban J connectivity index is 3.05. The third kappa shape index (κ3) is 3.40. The largest absolute Gasteiger partial charge is 0.574 e. The lowest BCUT2D eigenvalue weighted by Crippen LogP contribution is -2.19. The number of pyridine rings is 1. The Bertz CT molecular complexity index is 368. The molecule has 3 nitrogen and oxygen atoms in total. The van der Waals surface area contributed by atoms with Gasteiger partial charge in [-0.3, -0.25) is 0 Å². The first-order valence-electron chi connectivity index (χ1n) is 3.80. The summed E-state index contributed by atoms with van der Waals surface area (Å²) in [5, 5.41) is 0. The summed E-state index contributed by atoms with van der Waals surface area (Å²) in [6.07, 6.45) is -4.73. The number of alkyl halides is 3. The fourth-order valence-electron chi connectivity index (χ4n) is 0.906. The van der Waals surface area contributed by atoms with Crippen molar-refractivity contribution in [3.05, 3.63) is 15.3 Å². The minimum absolute atomic E-state index is 0.268. The van der Waals surface area contributed by atoms with Crippen molar-refractivity contribution in [1.82, 2.24) is 4.98 Å². The monoisotopic (exact) mass is 333 g/mol. The van der Waals surface area contributed by atoms with Crippen LogP contribution in [-0.4, -0.2) is 18.5 Å². The van der Waals surface area contributed by atoms with Crippen LogP contribution in [0.4, 0.5) is 13.2 Å². The molecule has 0 saturated carbocycles. The molecule has 0 amide bonds. The molecule has 0 aliphatic carbocycles. The molecule has 84 valence electrons. The number of methoxy groups -OCH3 is 1. The molecule has 1 aromatic heterocycles. The molecular weight excluding hydrogens is 326 g/mol. The first-order valence-corrected chi connectivity index (χ1v) is 4.88. The van der Waals surface area contributed by atoms with E-state index in [-0.39, 0.29) is 5.56 Å². The summed E-state index contributed by atoms with van der Waals surface area (Å²) in [5.41, 5.74) is 0.268. The summed E-state index contributed by atoms with van der Waals surface area (Å²) >= 11 is 1.77. The van der Waals surface area contributed by atoms with Gasteiger partial charge in [-0.1, -0.05) is 0 Å². The van der Waals surface area contributed by atoms with Crippen LogP contribution in [0.25, 0.3) is 0 Å². The van der Waals surface area contributed by atoms with Crippen LogP contribution in [-0.2, 0) is 0 Å². The van der Waals surface area contributed by atoms with Gasteiger partial charge < -0.3 is 9.47 Å². The van der Waals surface area contributed by atoms with Gasteiger partial charge in [0.2, 0.25) is 5.88 Å². The van der Waals surface area contributed by atoms with Crippen LogP contribution >= 0.6 is 22.6 Å². The molecule has 0 N–H and O–H groups in total. The number of rotatable bonds is 2. The number of ether oxygens (including phenoxy) is 2. The lowest BCUT2D eigenvalue weighted by molar-refractivity contribution is -0.276. The highest BCUT2D eigenvalue weighted by Crippen LogP contribution is 2.29. The van der Waals surface area contributed by atoms with Gasteiger partial charge in [-0.05, 0) is 35.6 Å². The predicted octanol–water partition coefficient (Wildman–Crippen LogP) is 2.90. The van der Waals surface area contributed by atoms with Crippen LogP contribution in [0.2, 0.25) is 0 Å². The van der Waals surface area contributed by atoms with Crippen molar-refractivity contribution in [3.8, 4) is 11.6 Å². The molecule has 0 bridgehead atoms. The van der Waals surface area contributed by atoms with Gasteiger partial charge in [-0.2, -0.15) is 0 Å². The number of nitrogens with zero attached hydrogens (tertiary/aromatic N) is 1. The summed E-state index contributed by atoms with van der Waals surface area (Å²) < 4.78 is 44.8. The molecule has 1 rings (SSSR count). The van der Waals surface area contributed by atoms with Gasteiger partial charge in [0.1, 0.15) is 3.70 Å². The summed E-state index contributed by atoms with van der Waals surface area (Å²) in [5.74, 6) is -0.0321. The van der Waals surface area contributed by atoms with Crippen molar-refractivity contribution in [1.29, 1.82) is 0 Å². The molecule has 0 saturated heterocycles. The highest BCUT2D eigenvalue weighted by atomic mass is 127. The van der Waals surface area contributed by atoms with Crippen LogP contribution in [0, 0.1) is 10.6 Å². The lowest BCUT2D eigenvalue weighted by atomic mass is 10.3. The minimum atomic E-state index is -4.73. The Hall–Kier alpha value is -0.730. The van der Waals surface area contributed by atoms with Crippen LogP contribution < -0.4 is 9.47 Å². The Labute approximate surface area is 97.7 Å². The quantitative estimate of drug-likeness (QED) is 0.616. The predicted molar refractivity (Wildman–Crippen MR) is 54.9 cm³/mol. The zero-order chi connectivity index (χ0) is 11.6.